The summed E-state index contributed by atoms with van der Waals surface area (Å²) in [4.78, 5) is 0. The minimum Gasteiger partial charge on any atom is -0.316 e. The first-order chi connectivity index (χ1) is 7.94. The van der Waals surface area contributed by atoms with Gasteiger partial charge in [0.1, 0.15) is 5.82 Å². The third kappa shape index (κ3) is 4.86. The minimum absolute atomic E-state index is 0.111. The molecule has 2 heteroatoms. The maximum Gasteiger partial charge on any atom is 0.126 e. The Kier molecular flexibility index (Phi) is 5.13. The van der Waals surface area contributed by atoms with Crippen molar-refractivity contribution in [3.63, 3.8) is 0 Å². The maximum atomic E-state index is 13.1. The van der Waals surface area contributed by atoms with Crippen LogP contribution in [0.2, 0.25) is 0 Å². The monoisotopic (exact) mass is 237 g/mol. The number of aryl methyl sites for hydroxylation is 2. The number of benzene rings is 1. The van der Waals surface area contributed by atoms with Crippen molar-refractivity contribution < 1.29 is 4.39 Å². The zero-order chi connectivity index (χ0) is 12.9. The van der Waals surface area contributed by atoms with Crippen LogP contribution in [0.5, 0.6) is 0 Å². The average Bonchev–Trinajstić information content (AvgIpc) is 2.28. The highest BCUT2D eigenvalue weighted by Crippen LogP contribution is 2.22. The van der Waals surface area contributed by atoms with Crippen molar-refractivity contribution in [1.82, 2.24) is 5.32 Å². The van der Waals surface area contributed by atoms with Crippen LogP contribution in [0.3, 0.4) is 0 Å². The summed E-state index contributed by atoms with van der Waals surface area (Å²) in [7, 11) is 0. The quantitative estimate of drug-likeness (QED) is 0.795. The van der Waals surface area contributed by atoms with Crippen molar-refractivity contribution in [2.75, 3.05) is 13.1 Å². The van der Waals surface area contributed by atoms with Crippen LogP contribution in [-0.2, 0) is 6.42 Å². The van der Waals surface area contributed by atoms with Crippen molar-refractivity contribution in [3.05, 3.63) is 35.1 Å². The fourth-order valence-electron chi connectivity index (χ4n) is 1.90. The lowest BCUT2D eigenvalue weighted by Gasteiger charge is -2.25. The SMILES string of the molecule is CCNCC(C)(C)CCc1ccc(F)c(C)c1. The van der Waals surface area contributed by atoms with Gasteiger partial charge in [0.15, 0.2) is 0 Å². The summed E-state index contributed by atoms with van der Waals surface area (Å²) >= 11 is 0. The zero-order valence-corrected chi connectivity index (χ0v) is 11.4. The molecule has 1 N–H and O–H groups in total. The molecule has 0 saturated heterocycles. The van der Waals surface area contributed by atoms with Gasteiger partial charge in [-0.25, -0.2) is 4.39 Å². The molecule has 0 saturated carbocycles. The molecule has 1 rings (SSSR count). The Balaban J connectivity index is 2.51. The van der Waals surface area contributed by atoms with E-state index in [-0.39, 0.29) is 11.2 Å². The first-order valence-electron chi connectivity index (χ1n) is 6.40. The van der Waals surface area contributed by atoms with Gasteiger partial charge in [-0.15, -0.1) is 0 Å². The highest BCUT2D eigenvalue weighted by atomic mass is 19.1. The summed E-state index contributed by atoms with van der Waals surface area (Å²) in [6.07, 6.45) is 2.13. The van der Waals surface area contributed by atoms with E-state index in [2.05, 4.69) is 26.1 Å². The second kappa shape index (κ2) is 6.15. The number of halogens is 1. The Hall–Kier alpha value is -0.890. The molecule has 0 amide bonds. The number of rotatable bonds is 6. The van der Waals surface area contributed by atoms with Crippen LogP contribution in [0.4, 0.5) is 4.39 Å². The van der Waals surface area contributed by atoms with Gasteiger partial charge in [0, 0.05) is 6.54 Å². The summed E-state index contributed by atoms with van der Waals surface area (Å²) in [5.41, 5.74) is 2.26. The van der Waals surface area contributed by atoms with Crippen LogP contribution in [-0.4, -0.2) is 13.1 Å². The van der Waals surface area contributed by atoms with E-state index < -0.39 is 0 Å². The van der Waals surface area contributed by atoms with Crippen LogP contribution in [0.25, 0.3) is 0 Å². The number of nitrogens with one attached hydrogen (secondary N) is 1. The smallest absolute Gasteiger partial charge is 0.126 e. The second-order valence-corrected chi connectivity index (χ2v) is 5.53. The molecular weight excluding hydrogens is 213 g/mol. The van der Waals surface area contributed by atoms with Crippen LogP contribution >= 0.6 is 0 Å². The van der Waals surface area contributed by atoms with Crippen molar-refractivity contribution in [3.8, 4) is 0 Å². The molecule has 0 radical (unpaired) electrons. The van der Waals surface area contributed by atoms with Crippen LogP contribution in [0, 0.1) is 18.2 Å². The lowest BCUT2D eigenvalue weighted by molar-refractivity contribution is 0.318. The fraction of sp³-hybridized carbons (Fsp3) is 0.600. The van der Waals surface area contributed by atoms with Crippen molar-refractivity contribution in [1.29, 1.82) is 0 Å². The molecule has 0 aliphatic carbocycles. The lowest BCUT2D eigenvalue weighted by Crippen LogP contribution is -2.29. The zero-order valence-electron chi connectivity index (χ0n) is 11.4. The Morgan fingerprint density at radius 2 is 2.00 bits per heavy atom. The Bertz CT molecular complexity index is 358. The largest absolute Gasteiger partial charge is 0.316 e. The van der Waals surface area contributed by atoms with E-state index in [9.17, 15) is 4.39 Å². The van der Waals surface area contributed by atoms with Gasteiger partial charge in [0.25, 0.3) is 0 Å². The van der Waals surface area contributed by atoms with Gasteiger partial charge in [-0.2, -0.15) is 0 Å². The van der Waals surface area contributed by atoms with E-state index in [4.69, 9.17) is 0 Å². The van der Waals surface area contributed by atoms with Crippen LogP contribution in [0.1, 0.15) is 38.3 Å². The van der Waals surface area contributed by atoms with Gasteiger partial charge < -0.3 is 5.32 Å². The number of hydrogen-bond acceptors (Lipinski definition) is 1. The average molecular weight is 237 g/mol. The summed E-state index contributed by atoms with van der Waals surface area (Å²) < 4.78 is 13.1. The standard InChI is InChI=1S/C15H24FN/c1-5-17-11-15(3,4)9-8-13-6-7-14(16)12(2)10-13/h6-7,10,17H,5,8-9,11H2,1-4H3. The molecule has 0 aliphatic rings. The van der Waals surface area contributed by atoms with E-state index in [1.807, 2.05) is 19.1 Å². The van der Waals surface area contributed by atoms with Crippen molar-refractivity contribution in [2.24, 2.45) is 5.41 Å². The topological polar surface area (TPSA) is 12.0 Å². The molecule has 17 heavy (non-hydrogen) atoms. The molecule has 0 bridgehead atoms. The molecular formula is C15H24FN. The summed E-state index contributed by atoms with van der Waals surface area (Å²) in [5, 5.41) is 3.39. The summed E-state index contributed by atoms with van der Waals surface area (Å²) in [6.45, 7) is 10.5. The van der Waals surface area contributed by atoms with E-state index in [0.29, 0.717) is 0 Å². The molecule has 1 nitrogen and oxygen atoms in total. The van der Waals surface area contributed by atoms with E-state index in [1.54, 1.807) is 6.07 Å². The normalized spacial score (nSPS) is 11.8. The Morgan fingerprint density at radius 1 is 1.29 bits per heavy atom. The van der Waals surface area contributed by atoms with E-state index in [0.717, 1.165) is 31.5 Å². The van der Waals surface area contributed by atoms with Gasteiger partial charge >= 0.3 is 0 Å². The molecule has 0 aliphatic heterocycles. The fourth-order valence-corrected chi connectivity index (χ4v) is 1.90. The first kappa shape index (κ1) is 14.2. The third-order valence-corrected chi connectivity index (χ3v) is 3.17. The summed E-state index contributed by atoms with van der Waals surface area (Å²) in [5.74, 6) is -0.111. The molecule has 0 aromatic heterocycles. The molecule has 1 aromatic carbocycles. The van der Waals surface area contributed by atoms with E-state index >= 15 is 0 Å². The minimum atomic E-state index is -0.111. The molecule has 96 valence electrons. The molecule has 0 unspecified atom stereocenters. The van der Waals surface area contributed by atoms with E-state index in [1.165, 1.54) is 5.56 Å². The maximum absolute atomic E-state index is 13.1. The third-order valence-electron chi connectivity index (χ3n) is 3.17. The van der Waals surface area contributed by atoms with Gasteiger partial charge in [0.2, 0.25) is 0 Å². The van der Waals surface area contributed by atoms with Gasteiger partial charge in [0.05, 0.1) is 0 Å². The first-order valence-corrected chi connectivity index (χ1v) is 6.40. The lowest BCUT2D eigenvalue weighted by atomic mass is 9.86. The van der Waals surface area contributed by atoms with Gasteiger partial charge in [-0.05, 0) is 48.9 Å². The highest BCUT2D eigenvalue weighted by molar-refractivity contribution is 5.24. The van der Waals surface area contributed by atoms with Crippen LogP contribution in [0.15, 0.2) is 18.2 Å². The number of hydrogen-bond donors (Lipinski definition) is 1. The summed E-state index contributed by atoms with van der Waals surface area (Å²) in [6, 6.07) is 5.42. The van der Waals surface area contributed by atoms with Crippen LogP contribution < -0.4 is 5.32 Å². The van der Waals surface area contributed by atoms with Crippen molar-refractivity contribution in [2.45, 2.75) is 40.5 Å². The Labute approximate surface area is 104 Å². The molecule has 1 aromatic rings. The van der Waals surface area contributed by atoms with Crippen molar-refractivity contribution >= 4 is 0 Å². The Morgan fingerprint density at radius 3 is 2.59 bits per heavy atom. The molecule has 0 spiro atoms. The predicted molar refractivity (Wildman–Crippen MR) is 71.8 cm³/mol. The molecule has 0 atom stereocenters. The molecule has 0 heterocycles. The van der Waals surface area contributed by atoms with Gasteiger partial charge in [-0.1, -0.05) is 32.9 Å². The second-order valence-electron chi connectivity index (χ2n) is 5.53. The van der Waals surface area contributed by atoms with Gasteiger partial charge in [-0.3, -0.25) is 0 Å². The molecule has 0 fully saturated rings. The predicted octanol–water partition coefficient (Wildman–Crippen LogP) is 3.70. The highest BCUT2D eigenvalue weighted by Gasteiger charge is 2.16.